The average Bonchev–Trinajstić information content (AvgIpc) is 3.10. The first-order valence-corrected chi connectivity index (χ1v) is 10.0. The Balaban J connectivity index is 1.66. The molecule has 1 aliphatic heterocycles. The third-order valence-corrected chi connectivity index (χ3v) is 6.50. The molecule has 7 heteroatoms. The minimum atomic E-state index is -0.963. The topological polar surface area (TPSA) is 111 Å². The van der Waals surface area contributed by atoms with Gasteiger partial charge in [0, 0.05) is 30.7 Å². The third kappa shape index (κ3) is 3.66. The number of nitrogens with two attached hydrogens (primary N) is 2. The van der Waals surface area contributed by atoms with E-state index in [9.17, 15) is 9.59 Å². The Hall–Kier alpha value is -1.96. The van der Waals surface area contributed by atoms with Crippen LogP contribution in [0.1, 0.15) is 45.6 Å². The van der Waals surface area contributed by atoms with Crippen molar-refractivity contribution < 1.29 is 14.3 Å². The molecule has 1 aromatic rings. The van der Waals surface area contributed by atoms with E-state index in [2.05, 4.69) is 10.2 Å². The van der Waals surface area contributed by atoms with Crippen LogP contribution in [0.5, 0.6) is 0 Å². The molecule has 0 radical (unpaired) electrons. The lowest BCUT2D eigenvalue weighted by molar-refractivity contribution is -0.166. The Morgan fingerprint density at radius 3 is 2.75 bits per heavy atom. The van der Waals surface area contributed by atoms with Gasteiger partial charge in [0.1, 0.15) is 5.54 Å². The second-order valence-electron chi connectivity index (χ2n) is 8.53. The molecule has 28 heavy (non-hydrogen) atoms. The Labute approximate surface area is 166 Å². The highest BCUT2D eigenvalue weighted by Gasteiger charge is 2.62. The predicted molar refractivity (Wildman–Crippen MR) is 108 cm³/mol. The fourth-order valence-electron chi connectivity index (χ4n) is 4.38. The van der Waals surface area contributed by atoms with E-state index in [1.54, 1.807) is 0 Å². The number of rotatable bonds is 7. The van der Waals surface area contributed by atoms with Gasteiger partial charge in [-0.25, -0.2) is 0 Å². The zero-order chi connectivity index (χ0) is 20.5. The van der Waals surface area contributed by atoms with E-state index in [0.717, 1.165) is 24.9 Å². The number of nitrogens with zero attached hydrogens (tertiary/aromatic N) is 1. The smallest absolute Gasteiger partial charge is 0.245 e. The third-order valence-electron chi connectivity index (χ3n) is 6.50. The van der Waals surface area contributed by atoms with E-state index >= 15 is 0 Å². The molecule has 1 saturated heterocycles. The van der Waals surface area contributed by atoms with Crippen molar-refractivity contribution in [2.45, 2.75) is 64.3 Å². The van der Waals surface area contributed by atoms with E-state index in [4.69, 9.17) is 16.2 Å². The van der Waals surface area contributed by atoms with Crippen LogP contribution < -0.4 is 16.8 Å². The summed E-state index contributed by atoms with van der Waals surface area (Å²) in [6.45, 7) is 7.98. The van der Waals surface area contributed by atoms with Crippen LogP contribution in [-0.2, 0) is 20.9 Å². The summed E-state index contributed by atoms with van der Waals surface area (Å²) >= 11 is 0. The van der Waals surface area contributed by atoms with Crippen LogP contribution in [0.15, 0.2) is 24.3 Å². The number of anilines is 1. The molecule has 3 atom stereocenters. The maximum absolute atomic E-state index is 12.9. The molecular formula is C21H32N4O3. The molecule has 2 aliphatic rings. The Morgan fingerprint density at radius 2 is 2.11 bits per heavy atom. The Morgan fingerprint density at radius 1 is 1.36 bits per heavy atom. The molecule has 3 rings (SSSR count). The molecule has 0 aromatic heterocycles. The summed E-state index contributed by atoms with van der Waals surface area (Å²) in [6.07, 6.45) is 2.27. The summed E-state index contributed by atoms with van der Waals surface area (Å²) in [6, 6.07) is 7.47. The molecule has 1 heterocycles. The van der Waals surface area contributed by atoms with E-state index in [1.165, 1.54) is 0 Å². The molecule has 2 amide bonds. The summed E-state index contributed by atoms with van der Waals surface area (Å²) in [5.74, 6) is -0.468. The minimum Gasteiger partial charge on any atom is -0.378 e. The second kappa shape index (κ2) is 7.81. The molecule has 1 aromatic carbocycles. The number of likely N-dealkylation sites (tertiary alicyclic amines) is 1. The molecule has 154 valence electrons. The number of hydrogen-bond acceptors (Lipinski definition) is 5. The quantitative estimate of drug-likeness (QED) is 0.657. The lowest BCUT2D eigenvalue weighted by Crippen LogP contribution is -2.74. The Kier molecular flexibility index (Phi) is 5.79. The first kappa shape index (κ1) is 20.8. The summed E-state index contributed by atoms with van der Waals surface area (Å²) in [4.78, 5) is 26.6. The first-order chi connectivity index (χ1) is 13.2. The van der Waals surface area contributed by atoms with Gasteiger partial charge in [-0.15, -0.1) is 0 Å². The number of primary amides is 1. The van der Waals surface area contributed by atoms with Gasteiger partial charge in [0.15, 0.2) is 0 Å². The maximum Gasteiger partial charge on any atom is 0.245 e. The van der Waals surface area contributed by atoms with Crippen LogP contribution in [-0.4, -0.2) is 47.6 Å². The number of amides is 2. The number of carbonyl (C=O) groups is 2. The van der Waals surface area contributed by atoms with Gasteiger partial charge < -0.3 is 21.5 Å². The molecule has 1 aliphatic carbocycles. The van der Waals surface area contributed by atoms with Crippen molar-refractivity contribution in [2.75, 3.05) is 18.5 Å². The van der Waals surface area contributed by atoms with E-state index in [0.29, 0.717) is 25.3 Å². The SMILES string of the molecule is CCOC1CC(N)(C(=O)Nc2cccc(CN3CCCC3C(N)=O)c2)C1(C)C. The number of benzene rings is 1. The van der Waals surface area contributed by atoms with Gasteiger partial charge in [0.25, 0.3) is 0 Å². The van der Waals surface area contributed by atoms with E-state index < -0.39 is 11.0 Å². The second-order valence-corrected chi connectivity index (χ2v) is 8.53. The monoisotopic (exact) mass is 388 g/mol. The first-order valence-electron chi connectivity index (χ1n) is 10.0. The highest BCUT2D eigenvalue weighted by atomic mass is 16.5. The van der Waals surface area contributed by atoms with Gasteiger partial charge in [-0.05, 0) is 44.0 Å². The van der Waals surface area contributed by atoms with Crippen molar-refractivity contribution in [3.63, 3.8) is 0 Å². The van der Waals surface area contributed by atoms with Crippen LogP contribution >= 0.6 is 0 Å². The lowest BCUT2D eigenvalue weighted by atomic mass is 9.54. The number of nitrogens with one attached hydrogen (secondary N) is 1. The van der Waals surface area contributed by atoms with Crippen LogP contribution in [0.2, 0.25) is 0 Å². The fourth-order valence-corrected chi connectivity index (χ4v) is 4.38. The fraction of sp³-hybridized carbons (Fsp3) is 0.619. The molecule has 5 N–H and O–H groups in total. The van der Waals surface area contributed by atoms with Crippen LogP contribution in [0.4, 0.5) is 5.69 Å². The minimum absolute atomic E-state index is 0.0134. The highest BCUT2D eigenvalue weighted by molar-refractivity contribution is 5.99. The van der Waals surface area contributed by atoms with Crippen molar-refractivity contribution in [2.24, 2.45) is 16.9 Å². The zero-order valence-electron chi connectivity index (χ0n) is 17.0. The Bertz CT molecular complexity index is 751. The van der Waals surface area contributed by atoms with Gasteiger partial charge in [-0.1, -0.05) is 26.0 Å². The van der Waals surface area contributed by atoms with Gasteiger partial charge in [-0.2, -0.15) is 0 Å². The number of carbonyl (C=O) groups excluding carboxylic acids is 2. The lowest BCUT2D eigenvalue weighted by Gasteiger charge is -2.57. The van der Waals surface area contributed by atoms with E-state index in [-0.39, 0.29) is 24.0 Å². The van der Waals surface area contributed by atoms with Gasteiger partial charge in [0.05, 0.1) is 12.1 Å². The summed E-state index contributed by atoms with van der Waals surface area (Å²) < 4.78 is 5.71. The van der Waals surface area contributed by atoms with Crippen LogP contribution in [0.3, 0.4) is 0 Å². The van der Waals surface area contributed by atoms with Crippen LogP contribution in [0, 0.1) is 5.41 Å². The largest absolute Gasteiger partial charge is 0.378 e. The van der Waals surface area contributed by atoms with Crippen molar-refractivity contribution in [3.8, 4) is 0 Å². The molecule has 0 spiro atoms. The van der Waals surface area contributed by atoms with Crippen molar-refractivity contribution in [3.05, 3.63) is 29.8 Å². The van der Waals surface area contributed by atoms with Gasteiger partial charge >= 0.3 is 0 Å². The standard InChI is InChI=1S/C21H32N4O3/c1-4-28-17-12-21(23,20(17,2)3)19(27)24-15-8-5-7-14(11-15)13-25-10-6-9-16(25)18(22)26/h5,7-8,11,16-17H,4,6,9-10,12-13,23H2,1-3H3,(H2,22,26)(H,24,27). The number of hydrogen-bond donors (Lipinski definition) is 3. The van der Waals surface area contributed by atoms with Crippen molar-refractivity contribution in [1.82, 2.24) is 4.90 Å². The normalized spacial score (nSPS) is 29.3. The maximum atomic E-state index is 12.9. The van der Waals surface area contributed by atoms with Gasteiger partial charge in [0.2, 0.25) is 11.8 Å². The molecule has 0 bridgehead atoms. The van der Waals surface area contributed by atoms with Crippen molar-refractivity contribution >= 4 is 17.5 Å². The number of ether oxygens (including phenoxy) is 1. The zero-order valence-corrected chi connectivity index (χ0v) is 17.0. The summed E-state index contributed by atoms with van der Waals surface area (Å²) in [7, 11) is 0. The van der Waals surface area contributed by atoms with E-state index in [1.807, 2.05) is 45.0 Å². The van der Waals surface area contributed by atoms with Crippen LogP contribution in [0.25, 0.3) is 0 Å². The summed E-state index contributed by atoms with van der Waals surface area (Å²) in [5.41, 5.74) is 12.3. The molecule has 1 saturated carbocycles. The molecule has 3 unspecified atom stereocenters. The predicted octanol–water partition coefficient (Wildman–Crippen LogP) is 1.61. The average molecular weight is 389 g/mol. The molecular weight excluding hydrogens is 356 g/mol. The molecule has 2 fully saturated rings. The summed E-state index contributed by atoms with van der Waals surface area (Å²) in [5, 5.41) is 2.97. The van der Waals surface area contributed by atoms with Gasteiger partial charge in [-0.3, -0.25) is 14.5 Å². The highest BCUT2D eigenvalue weighted by Crippen LogP contribution is 2.50. The molecule has 7 nitrogen and oxygen atoms in total. The van der Waals surface area contributed by atoms with Crippen molar-refractivity contribution in [1.29, 1.82) is 0 Å².